The highest BCUT2D eigenvalue weighted by Gasteiger charge is 2.09. The second-order valence-corrected chi connectivity index (χ2v) is 3.59. The molecule has 0 bridgehead atoms. The van der Waals surface area contributed by atoms with Gasteiger partial charge in [-0.1, -0.05) is 30.3 Å². The smallest absolute Gasteiger partial charge is 0.163 e. The highest BCUT2D eigenvalue weighted by molar-refractivity contribution is 5.75. The van der Waals surface area contributed by atoms with Crippen LogP contribution in [-0.4, -0.2) is 19.5 Å². The van der Waals surface area contributed by atoms with E-state index in [2.05, 4.69) is 15.0 Å². The van der Waals surface area contributed by atoms with Gasteiger partial charge in [0.1, 0.15) is 17.7 Å². The zero-order valence-electron chi connectivity index (χ0n) is 8.83. The van der Waals surface area contributed by atoms with Crippen molar-refractivity contribution in [2.75, 3.05) is 0 Å². The van der Waals surface area contributed by atoms with Gasteiger partial charge in [0.15, 0.2) is 5.65 Å². The van der Waals surface area contributed by atoms with E-state index < -0.39 is 0 Å². The van der Waals surface area contributed by atoms with Gasteiger partial charge in [0.2, 0.25) is 0 Å². The van der Waals surface area contributed by atoms with Gasteiger partial charge >= 0.3 is 0 Å². The summed E-state index contributed by atoms with van der Waals surface area (Å²) in [5.74, 6) is 0.913. The molecule has 0 radical (unpaired) electrons. The lowest BCUT2D eigenvalue weighted by atomic mass is 10.2. The predicted molar refractivity (Wildman–Crippen MR) is 61.7 cm³/mol. The fraction of sp³-hybridized carbons (Fsp3) is 0.0833. The molecule has 0 saturated heterocycles. The lowest BCUT2D eigenvalue weighted by Crippen LogP contribution is -1.93. The summed E-state index contributed by atoms with van der Waals surface area (Å²) in [6.45, 7) is 0. The van der Waals surface area contributed by atoms with Crippen LogP contribution in [0.5, 0.6) is 0 Å². The van der Waals surface area contributed by atoms with Gasteiger partial charge in [-0.15, -0.1) is 0 Å². The van der Waals surface area contributed by atoms with Gasteiger partial charge < -0.3 is 4.57 Å². The molecule has 0 saturated carbocycles. The molecule has 0 fully saturated rings. The Labute approximate surface area is 92.6 Å². The fourth-order valence-corrected chi connectivity index (χ4v) is 1.79. The maximum atomic E-state index is 4.52. The molecule has 78 valence electrons. The zero-order valence-corrected chi connectivity index (χ0v) is 8.83. The number of imidazole rings is 1. The van der Waals surface area contributed by atoms with Crippen LogP contribution in [0.4, 0.5) is 0 Å². The molecule has 0 aliphatic heterocycles. The molecular formula is C12H10N4. The Bertz CT molecular complexity index is 628. The Morgan fingerprint density at radius 2 is 1.94 bits per heavy atom. The second kappa shape index (κ2) is 3.41. The summed E-state index contributed by atoms with van der Waals surface area (Å²) >= 11 is 0. The van der Waals surface area contributed by atoms with Crippen molar-refractivity contribution in [1.82, 2.24) is 19.5 Å². The Hall–Kier alpha value is -2.23. The van der Waals surface area contributed by atoms with Crippen LogP contribution in [0.1, 0.15) is 0 Å². The van der Waals surface area contributed by atoms with Crippen LogP contribution in [0.3, 0.4) is 0 Å². The molecular weight excluding hydrogens is 200 g/mol. The maximum absolute atomic E-state index is 4.52. The van der Waals surface area contributed by atoms with Crippen molar-refractivity contribution in [3.63, 3.8) is 0 Å². The fourth-order valence-electron chi connectivity index (χ4n) is 1.79. The van der Waals surface area contributed by atoms with E-state index >= 15 is 0 Å². The number of aromatic nitrogens is 4. The molecule has 0 unspecified atom stereocenters. The van der Waals surface area contributed by atoms with Gasteiger partial charge in [-0.2, -0.15) is 0 Å². The Balaban J connectivity index is 2.29. The minimum Gasteiger partial charge on any atom is -0.312 e. The predicted octanol–water partition coefficient (Wildman–Crippen LogP) is 2.03. The van der Waals surface area contributed by atoms with Gasteiger partial charge in [0.05, 0.1) is 6.20 Å². The van der Waals surface area contributed by atoms with Crippen molar-refractivity contribution in [2.24, 2.45) is 7.05 Å². The maximum Gasteiger partial charge on any atom is 0.163 e. The molecule has 2 aromatic heterocycles. The largest absolute Gasteiger partial charge is 0.312 e. The molecule has 0 aliphatic carbocycles. The molecule has 0 aliphatic rings. The third kappa shape index (κ3) is 1.27. The summed E-state index contributed by atoms with van der Waals surface area (Å²) in [4.78, 5) is 12.7. The number of benzene rings is 1. The van der Waals surface area contributed by atoms with Gasteiger partial charge in [-0.25, -0.2) is 15.0 Å². The van der Waals surface area contributed by atoms with E-state index in [1.807, 2.05) is 41.9 Å². The van der Waals surface area contributed by atoms with E-state index in [-0.39, 0.29) is 0 Å². The minimum absolute atomic E-state index is 0.823. The van der Waals surface area contributed by atoms with Gasteiger partial charge in [-0.3, -0.25) is 0 Å². The molecule has 1 aromatic carbocycles. The topological polar surface area (TPSA) is 43.6 Å². The van der Waals surface area contributed by atoms with Crippen LogP contribution < -0.4 is 0 Å². The number of rotatable bonds is 1. The summed E-state index contributed by atoms with van der Waals surface area (Å²) in [7, 11) is 1.96. The van der Waals surface area contributed by atoms with Gasteiger partial charge in [-0.05, 0) is 0 Å². The minimum atomic E-state index is 0.823. The van der Waals surface area contributed by atoms with E-state index in [0.29, 0.717) is 0 Å². The van der Waals surface area contributed by atoms with E-state index in [9.17, 15) is 0 Å². The van der Waals surface area contributed by atoms with Crippen molar-refractivity contribution in [3.8, 4) is 11.4 Å². The average Bonchev–Trinajstić information content (AvgIpc) is 2.69. The summed E-state index contributed by atoms with van der Waals surface area (Å²) in [6, 6.07) is 10.1. The van der Waals surface area contributed by atoms with Crippen molar-refractivity contribution >= 4 is 11.2 Å². The van der Waals surface area contributed by atoms with Crippen LogP contribution in [-0.2, 0) is 7.05 Å². The lowest BCUT2D eigenvalue weighted by Gasteiger charge is -2.00. The molecule has 0 atom stereocenters. The van der Waals surface area contributed by atoms with Crippen molar-refractivity contribution in [1.29, 1.82) is 0 Å². The highest BCUT2D eigenvalue weighted by atomic mass is 15.1. The first-order valence-electron chi connectivity index (χ1n) is 5.04. The van der Waals surface area contributed by atoms with Gasteiger partial charge in [0.25, 0.3) is 0 Å². The molecule has 4 heteroatoms. The van der Waals surface area contributed by atoms with E-state index in [1.165, 1.54) is 0 Å². The Morgan fingerprint density at radius 3 is 2.69 bits per heavy atom. The van der Waals surface area contributed by atoms with Crippen LogP contribution in [0.25, 0.3) is 22.6 Å². The first-order valence-corrected chi connectivity index (χ1v) is 5.04. The Morgan fingerprint density at radius 1 is 1.12 bits per heavy atom. The van der Waals surface area contributed by atoms with Crippen LogP contribution in [0, 0.1) is 0 Å². The van der Waals surface area contributed by atoms with Crippen LogP contribution in [0.2, 0.25) is 0 Å². The third-order valence-corrected chi connectivity index (χ3v) is 2.57. The standard InChI is InChI=1S/C12H10N4/c1-16-11(9-5-3-2-4-6-9)15-10-7-13-8-14-12(10)16/h2-8H,1H3. The molecule has 2 heterocycles. The van der Waals surface area contributed by atoms with Crippen molar-refractivity contribution in [2.45, 2.75) is 0 Å². The number of aryl methyl sites for hydroxylation is 1. The van der Waals surface area contributed by atoms with Crippen LogP contribution in [0.15, 0.2) is 42.9 Å². The number of hydrogen-bond donors (Lipinski definition) is 0. The average molecular weight is 210 g/mol. The van der Waals surface area contributed by atoms with Crippen LogP contribution >= 0.6 is 0 Å². The summed E-state index contributed by atoms with van der Waals surface area (Å²) in [5.41, 5.74) is 2.76. The zero-order chi connectivity index (χ0) is 11.0. The summed E-state index contributed by atoms with van der Waals surface area (Å²) in [5, 5.41) is 0. The third-order valence-electron chi connectivity index (χ3n) is 2.57. The second-order valence-electron chi connectivity index (χ2n) is 3.59. The molecule has 0 spiro atoms. The molecule has 3 aromatic rings. The van der Waals surface area contributed by atoms with Crippen molar-refractivity contribution < 1.29 is 0 Å². The number of fused-ring (bicyclic) bond motifs is 1. The SMILES string of the molecule is Cn1c(-c2ccccc2)nc2cncnc21. The number of nitrogens with zero attached hydrogens (tertiary/aromatic N) is 4. The molecule has 3 rings (SSSR count). The highest BCUT2D eigenvalue weighted by Crippen LogP contribution is 2.20. The van der Waals surface area contributed by atoms with Crippen molar-refractivity contribution in [3.05, 3.63) is 42.9 Å². The molecule has 0 amide bonds. The number of hydrogen-bond acceptors (Lipinski definition) is 3. The summed E-state index contributed by atoms with van der Waals surface area (Å²) in [6.07, 6.45) is 3.27. The molecule has 0 N–H and O–H groups in total. The first-order chi connectivity index (χ1) is 7.86. The summed E-state index contributed by atoms with van der Waals surface area (Å²) < 4.78 is 1.98. The van der Waals surface area contributed by atoms with E-state index in [4.69, 9.17) is 0 Å². The lowest BCUT2D eigenvalue weighted by molar-refractivity contribution is 0.939. The quantitative estimate of drug-likeness (QED) is 0.617. The Kier molecular flexibility index (Phi) is 1.93. The monoisotopic (exact) mass is 210 g/mol. The molecule has 4 nitrogen and oxygen atoms in total. The van der Waals surface area contributed by atoms with Gasteiger partial charge in [0, 0.05) is 12.6 Å². The van der Waals surface area contributed by atoms with E-state index in [0.717, 1.165) is 22.6 Å². The van der Waals surface area contributed by atoms with E-state index in [1.54, 1.807) is 12.5 Å². The first kappa shape index (κ1) is 9.03. The normalized spacial score (nSPS) is 10.8. The molecule has 16 heavy (non-hydrogen) atoms.